The predicted molar refractivity (Wildman–Crippen MR) is 184 cm³/mol. The number of carbonyl (C=O) groups is 1. The predicted octanol–water partition coefficient (Wildman–Crippen LogP) is 7.53. The van der Waals surface area contributed by atoms with Gasteiger partial charge in [0.1, 0.15) is 17.2 Å². The van der Waals surface area contributed by atoms with Gasteiger partial charge in [0.2, 0.25) is 15.9 Å². The van der Waals surface area contributed by atoms with Crippen LogP contribution in [0.4, 0.5) is 8.78 Å². The van der Waals surface area contributed by atoms with Crippen molar-refractivity contribution in [1.82, 2.24) is 9.62 Å². The zero-order chi connectivity index (χ0) is 34.3. The summed E-state index contributed by atoms with van der Waals surface area (Å²) < 4.78 is 75.0. The zero-order valence-electron chi connectivity index (χ0n) is 26.7. The van der Waals surface area contributed by atoms with Gasteiger partial charge in [0, 0.05) is 28.7 Å². The molecule has 49 heavy (non-hydrogen) atoms. The molecule has 3 atom stereocenters. The number of benzene rings is 4. The van der Waals surface area contributed by atoms with Crippen molar-refractivity contribution in [1.29, 1.82) is 0 Å². The smallest absolute Gasteiger partial charge is 0.298 e. The van der Waals surface area contributed by atoms with Crippen LogP contribution in [-0.2, 0) is 20.7 Å². The van der Waals surface area contributed by atoms with Crippen LogP contribution in [0.1, 0.15) is 56.9 Å². The average molecular weight is 710 g/mol. The molecule has 4 aromatic rings. The third kappa shape index (κ3) is 7.12. The minimum Gasteiger partial charge on any atom is -0.490 e. The number of amides is 1. The van der Waals surface area contributed by atoms with E-state index in [0.717, 1.165) is 43.2 Å². The number of rotatable bonds is 10. The summed E-state index contributed by atoms with van der Waals surface area (Å²) in [5, 5.41) is 1.86. The Bertz CT molecular complexity index is 1920. The van der Waals surface area contributed by atoms with Crippen molar-refractivity contribution in [2.75, 3.05) is 0 Å². The lowest BCUT2D eigenvalue weighted by atomic mass is 9.94. The van der Waals surface area contributed by atoms with E-state index in [4.69, 9.17) is 26.8 Å². The van der Waals surface area contributed by atoms with Crippen molar-refractivity contribution in [3.8, 4) is 17.2 Å². The molecule has 2 aliphatic heterocycles. The number of halogens is 3. The summed E-state index contributed by atoms with van der Waals surface area (Å²) in [4.78, 5) is 15.4. The Morgan fingerprint density at radius 3 is 2.06 bits per heavy atom. The second-order valence-electron chi connectivity index (χ2n) is 13.3. The van der Waals surface area contributed by atoms with E-state index in [-0.39, 0.29) is 34.9 Å². The monoisotopic (exact) mass is 709 g/mol. The van der Waals surface area contributed by atoms with Gasteiger partial charge >= 0.3 is 0 Å². The molecule has 1 amide bonds. The van der Waals surface area contributed by atoms with E-state index < -0.39 is 33.5 Å². The van der Waals surface area contributed by atoms with E-state index in [1.54, 1.807) is 42.5 Å². The first-order chi connectivity index (χ1) is 23.5. The minimum atomic E-state index is -4.60. The number of piperidine rings is 1. The molecule has 1 aliphatic carbocycles. The van der Waals surface area contributed by atoms with Crippen molar-refractivity contribution >= 4 is 38.3 Å². The second kappa shape index (κ2) is 13.5. The lowest BCUT2D eigenvalue weighted by molar-refractivity contribution is -0.149. The van der Waals surface area contributed by atoms with Crippen molar-refractivity contribution in [2.24, 2.45) is 5.73 Å². The minimum absolute atomic E-state index is 0.146. The van der Waals surface area contributed by atoms with Gasteiger partial charge in [-0.1, -0.05) is 23.7 Å². The van der Waals surface area contributed by atoms with E-state index in [9.17, 15) is 13.2 Å². The molecule has 258 valence electrons. The fourth-order valence-electron chi connectivity index (χ4n) is 7.42. The number of alkyl halides is 2. The molecular weight excluding hydrogens is 672 g/mol. The Hall–Kier alpha value is -3.77. The van der Waals surface area contributed by atoms with Crippen molar-refractivity contribution in [3.63, 3.8) is 0 Å². The van der Waals surface area contributed by atoms with E-state index in [1.165, 1.54) is 29.2 Å². The highest BCUT2D eigenvalue weighted by Crippen LogP contribution is 2.40. The number of carbonyl (C=O) groups excluding carboxylic acids is 1. The van der Waals surface area contributed by atoms with Gasteiger partial charge in [0.25, 0.3) is 5.92 Å². The molecule has 4 aromatic carbocycles. The first kappa shape index (κ1) is 33.7. The summed E-state index contributed by atoms with van der Waals surface area (Å²) >= 11 is 5.94. The number of sulfonamides is 1. The third-order valence-corrected chi connectivity index (χ3v) is 11.6. The lowest BCUT2D eigenvalue weighted by Crippen LogP contribution is -2.60. The molecule has 2 saturated heterocycles. The van der Waals surface area contributed by atoms with Crippen LogP contribution in [0.5, 0.6) is 17.2 Å². The Labute approximate surface area is 289 Å². The van der Waals surface area contributed by atoms with Gasteiger partial charge in [-0.25, -0.2) is 8.42 Å². The Balaban J connectivity index is 1.17. The summed E-state index contributed by atoms with van der Waals surface area (Å²) in [7, 11) is -4.60. The van der Waals surface area contributed by atoms with E-state index in [1.807, 2.05) is 6.07 Å². The summed E-state index contributed by atoms with van der Waals surface area (Å²) in [6, 6.07) is 18.1. The lowest BCUT2D eigenvalue weighted by Gasteiger charge is -2.41. The molecular formula is C37H38ClF2N3O5S. The van der Waals surface area contributed by atoms with Crippen LogP contribution in [0.3, 0.4) is 0 Å². The number of nitrogens with zero attached hydrogens (tertiary/aromatic N) is 1. The number of hydrogen-bond acceptors (Lipinski definition) is 6. The largest absolute Gasteiger partial charge is 0.490 e. The molecule has 3 fully saturated rings. The molecule has 3 aliphatic rings. The van der Waals surface area contributed by atoms with Gasteiger partial charge in [-0.05, 0) is 135 Å². The number of hydrogen-bond donors (Lipinski definition) is 2. The maximum absolute atomic E-state index is 16.6. The first-order valence-electron chi connectivity index (χ1n) is 16.7. The molecule has 0 radical (unpaired) electrons. The summed E-state index contributed by atoms with van der Waals surface area (Å²) in [6.45, 7) is 0. The van der Waals surface area contributed by atoms with Gasteiger partial charge in [0.05, 0.1) is 11.0 Å². The molecule has 7 rings (SSSR count). The SMILES string of the molecule is NC1CC2CCC(C1)N2C(=O)[C@@H](NS(=O)(=O)c1ccc2cc(OC3CCCC3)ccc2c1)C(F)(F)c1ccc(Oc2ccc(Cl)cc2)cc1. The fraction of sp³-hybridized carbons (Fsp3) is 0.378. The number of fused-ring (bicyclic) bond motifs is 3. The summed E-state index contributed by atoms with van der Waals surface area (Å²) in [6.07, 6.45) is 6.62. The van der Waals surface area contributed by atoms with Gasteiger partial charge in [-0.3, -0.25) is 4.79 Å². The van der Waals surface area contributed by atoms with Crippen molar-refractivity contribution in [3.05, 3.63) is 95.5 Å². The van der Waals surface area contributed by atoms with Gasteiger partial charge in [-0.15, -0.1) is 0 Å². The highest BCUT2D eigenvalue weighted by atomic mass is 35.5. The highest BCUT2D eigenvalue weighted by Gasteiger charge is 2.53. The van der Waals surface area contributed by atoms with Crippen molar-refractivity contribution < 1.29 is 31.5 Å². The molecule has 1 saturated carbocycles. The van der Waals surface area contributed by atoms with E-state index in [2.05, 4.69) is 4.72 Å². The molecule has 12 heteroatoms. The molecule has 8 nitrogen and oxygen atoms in total. The van der Waals surface area contributed by atoms with Crippen LogP contribution >= 0.6 is 11.6 Å². The van der Waals surface area contributed by atoms with Crippen molar-refractivity contribution in [2.45, 2.75) is 92.5 Å². The summed E-state index contributed by atoms with van der Waals surface area (Å²) in [5.74, 6) is -3.47. The maximum atomic E-state index is 16.6. The van der Waals surface area contributed by atoms with E-state index in [0.29, 0.717) is 47.6 Å². The number of nitrogens with two attached hydrogens (primary N) is 1. The molecule has 0 spiro atoms. The number of ether oxygens (including phenoxy) is 2. The second-order valence-corrected chi connectivity index (χ2v) is 15.5. The molecule has 2 bridgehead atoms. The van der Waals surface area contributed by atoms with E-state index >= 15 is 8.78 Å². The molecule has 2 unspecified atom stereocenters. The molecule has 0 aromatic heterocycles. The van der Waals surface area contributed by atoms with Crippen LogP contribution in [0.2, 0.25) is 5.02 Å². The Morgan fingerprint density at radius 1 is 0.837 bits per heavy atom. The first-order valence-corrected chi connectivity index (χ1v) is 18.5. The van der Waals surface area contributed by atoms with Crippen LogP contribution in [-0.4, -0.2) is 49.5 Å². The standard InChI is InChI=1S/C37H38ClF2N3O5S/c38-26-9-16-32(17-10-26)47-31-14-7-25(8-15-31)37(39,40)35(36(44)43-28-11-12-29(43)22-27(41)21-28)42-49(45,46)34-18-6-23-19-33(13-5-24(23)20-34)48-30-3-1-2-4-30/h5-10,13-20,27-30,35,42H,1-4,11-12,21-22,41H2/t27?,28?,29?,35-/m1/s1. The van der Waals surface area contributed by atoms with Crippen LogP contribution in [0.25, 0.3) is 10.8 Å². The third-order valence-electron chi connectivity index (χ3n) is 9.89. The van der Waals surface area contributed by atoms with Gasteiger partial charge in [0.15, 0.2) is 6.04 Å². The van der Waals surface area contributed by atoms with Gasteiger partial charge in [-0.2, -0.15) is 13.5 Å². The molecule has 2 heterocycles. The van der Waals surface area contributed by atoms with Crippen LogP contribution in [0.15, 0.2) is 89.8 Å². The van der Waals surface area contributed by atoms with Gasteiger partial charge < -0.3 is 20.1 Å². The van der Waals surface area contributed by atoms with Crippen LogP contribution in [0, 0.1) is 0 Å². The highest BCUT2D eigenvalue weighted by molar-refractivity contribution is 7.89. The topological polar surface area (TPSA) is 111 Å². The zero-order valence-corrected chi connectivity index (χ0v) is 28.3. The quantitative estimate of drug-likeness (QED) is 0.176. The van der Waals surface area contributed by atoms with Crippen LogP contribution < -0.4 is 19.9 Å². The summed E-state index contributed by atoms with van der Waals surface area (Å²) in [5.41, 5.74) is 5.66. The maximum Gasteiger partial charge on any atom is 0.298 e. The Morgan fingerprint density at radius 2 is 1.41 bits per heavy atom. The Kier molecular flexibility index (Phi) is 9.29. The number of nitrogens with one attached hydrogen (secondary N) is 1. The average Bonchev–Trinajstić information content (AvgIpc) is 3.69. The normalized spacial score (nSPS) is 22.0. The molecule has 3 N–H and O–H groups in total. The fourth-order valence-corrected chi connectivity index (χ4v) is 8.77.